The highest BCUT2D eigenvalue weighted by Crippen LogP contribution is 2.25. The number of hydrogen-bond donors (Lipinski definition) is 2. The van der Waals surface area contributed by atoms with E-state index in [1.807, 2.05) is 32.0 Å². The normalized spacial score (nSPS) is 19.7. The van der Waals surface area contributed by atoms with Crippen LogP contribution in [0, 0.1) is 0 Å². The smallest absolute Gasteiger partial charge is 0.239 e. The topological polar surface area (TPSA) is 67.6 Å². The van der Waals surface area contributed by atoms with E-state index < -0.39 is 0 Å². The Hall–Kier alpha value is -1.30. The molecule has 1 fully saturated rings. The molecular formula is C15H22ClN3O2. The van der Waals surface area contributed by atoms with Crippen LogP contribution in [-0.2, 0) is 16.1 Å². The Balaban J connectivity index is 2.14. The lowest BCUT2D eigenvalue weighted by molar-refractivity contribution is -0.133. The Labute approximate surface area is 130 Å². The van der Waals surface area contributed by atoms with Gasteiger partial charge in [0.2, 0.25) is 5.91 Å². The summed E-state index contributed by atoms with van der Waals surface area (Å²) >= 11 is 6.22. The van der Waals surface area contributed by atoms with Crippen LogP contribution in [0.5, 0.6) is 0 Å². The van der Waals surface area contributed by atoms with Crippen molar-refractivity contribution in [1.82, 2.24) is 10.2 Å². The number of anilines is 1. The lowest BCUT2D eigenvalue weighted by Crippen LogP contribution is -2.54. The fraction of sp³-hybridized carbons (Fsp3) is 0.533. The summed E-state index contributed by atoms with van der Waals surface area (Å²) in [4.78, 5) is 14.4. The third kappa shape index (κ3) is 4.09. The molecule has 1 heterocycles. The molecule has 3 N–H and O–H groups in total. The molecule has 1 aromatic carbocycles. The summed E-state index contributed by atoms with van der Waals surface area (Å²) in [7, 11) is 0. The number of amides is 1. The van der Waals surface area contributed by atoms with Crippen molar-refractivity contribution in [3.8, 4) is 0 Å². The molecule has 5 nitrogen and oxygen atoms in total. The van der Waals surface area contributed by atoms with Crippen molar-refractivity contribution >= 4 is 23.2 Å². The van der Waals surface area contributed by atoms with Crippen molar-refractivity contribution in [3.63, 3.8) is 0 Å². The number of nitrogen functional groups attached to an aromatic ring is 1. The molecule has 0 saturated carbocycles. The summed E-state index contributed by atoms with van der Waals surface area (Å²) in [5.41, 5.74) is 7.51. The number of halogens is 1. The first-order valence-corrected chi connectivity index (χ1v) is 7.52. The molecule has 21 heavy (non-hydrogen) atoms. The first-order valence-electron chi connectivity index (χ1n) is 7.14. The molecule has 1 aliphatic rings. The number of benzene rings is 1. The molecule has 0 aliphatic carbocycles. The zero-order valence-corrected chi connectivity index (χ0v) is 13.2. The average molecular weight is 312 g/mol. The summed E-state index contributed by atoms with van der Waals surface area (Å²) in [6, 6.07) is 5.26. The van der Waals surface area contributed by atoms with Gasteiger partial charge in [0.25, 0.3) is 0 Å². The highest BCUT2D eigenvalue weighted by molar-refractivity contribution is 6.31. The molecule has 0 radical (unpaired) electrons. The molecule has 2 rings (SSSR count). The minimum absolute atomic E-state index is 0.0182. The first-order chi connectivity index (χ1) is 9.99. The highest BCUT2D eigenvalue weighted by atomic mass is 35.5. The Morgan fingerprint density at radius 2 is 2.33 bits per heavy atom. The van der Waals surface area contributed by atoms with Crippen LogP contribution in [0.4, 0.5) is 5.69 Å². The second-order valence-corrected chi connectivity index (χ2v) is 5.94. The number of carbonyl (C=O) groups is 1. The summed E-state index contributed by atoms with van der Waals surface area (Å²) in [6.45, 7) is 6.11. The van der Waals surface area contributed by atoms with Crippen molar-refractivity contribution in [2.75, 3.05) is 25.5 Å². The number of rotatable bonds is 4. The minimum atomic E-state index is -0.308. The van der Waals surface area contributed by atoms with Crippen LogP contribution < -0.4 is 11.1 Å². The first kappa shape index (κ1) is 16.1. The van der Waals surface area contributed by atoms with Gasteiger partial charge in [-0.3, -0.25) is 9.69 Å². The zero-order valence-electron chi connectivity index (χ0n) is 12.4. The number of morpholine rings is 1. The minimum Gasteiger partial charge on any atom is -0.398 e. The third-order valence-corrected chi connectivity index (χ3v) is 3.84. The van der Waals surface area contributed by atoms with E-state index in [1.165, 1.54) is 0 Å². The number of nitrogens with one attached hydrogen (secondary N) is 1. The molecule has 0 spiro atoms. The van der Waals surface area contributed by atoms with Gasteiger partial charge in [-0.2, -0.15) is 0 Å². The maximum atomic E-state index is 12.3. The van der Waals surface area contributed by atoms with E-state index in [2.05, 4.69) is 10.2 Å². The van der Waals surface area contributed by atoms with E-state index in [4.69, 9.17) is 22.1 Å². The second kappa shape index (κ2) is 7.11. The van der Waals surface area contributed by atoms with Gasteiger partial charge in [0.15, 0.2) is 0 Å². The van der Waals surface area contributed by atoms with Crippen LogP contribution in [0.3, 0.4) is 0 Å². The van der Waals surface area contributed by atoms with Crippen LogP contribution in [0.1, 0.15) is 19.4 Å². The van der Waals surface area contributed by atoms with E-state index in [-0.39, 0.29) is 18.0 Å². The average Bonchev–Trinajstić information content (AvgIpc) is 2.43. The van der Waals surface area contributed by atoms with Crippen LogP contribution in [-0.4, -0.2) is 42.6 Å². The quantitative estimate of drug-likeness (QED) is 0.830. The lowest BCUT2D eigenvalue weighted by Gasteiger charge is -2.35. The highest BCUT2D eigenvalue weighted by Gasteiger charge is 2.30. The Morgan fingerprint density at radius 3 is 3.00 bits per heavy atom. The maximum Gasteiger partial charge on any atom is 0.239 e. The predicted octanol–water partition coefficient (Wildman–Crippen LogP) is 1.65. The zero-order chi connectivity index (χ0) is 15.4. The summed E-state index contributed by atoms with van der Waals surface area (Å²) in [5, 5.41) is 3.56. The Kier molecular flexibility index (Phi) is 5.45. The van der Waals surface area contributed by atoms with Gasteiger partial charge in [-0.25, -0.2) is 0 Å². The SMILES string of the molecule is CC(C)NC(=O)C1COCCN1Cc1c(N)cccc1Cl. The van der Waals surface area contributed by atoms with Gasteiger partial charge in [0.05, 0.1) is 13.2 Å². The molecule has 0 bridgehead atoms. The Bertz CT molecular complexity index is 487. The fourth-order valence-corrected chi connectivity index (χ4v) is 2.64. The molecule has 1 aliphatic heterocycles. The van der Waals surface area contributed by atoms with Gasteiger partial charge < -0.3 is 15.8 Å². The largest absolute Gasteiger partial charge is 0.398 e. The fourth-order valence-electron chi connectivity index (χ4n) is 2.39. The van der Waals surface area contributed by atoms with Crippen LogP contribution in [0.25, 0.3) is 0 Å². The van der Waals surface area contributed by atoms with Crippen LogP contribution in [0.15, 0.2) is 18.2 Å². The van der Waals surface area contributed by atoms with Gasteiger partial charge in [0, 0.05) is 35.4 Å². The molecule has 116 valence electrons. The summed E-state index contributed by atoms with van der Waals surface area (Å²) in [6.07, 6.45) is 0. The number of nitrogens with two attached hydrogens (primary N) is 1. The molecule has 6 heteroatoms. The maximum absolute atomic E-state index is 12.3. The molecule has 1 unspecified atom stereocenters. The number of carbonyl (C=O) groups excluding carboxylic acids is 1. The van der Waals surface area contributed by atoms with E-state index in [9.17, 15) is 4.79 Å². The van der Waals surface area contributed by atoms with Gasteiger partial charge in [0.1, 0.15) is 6.04 Å². The number of hydrogen-bond acceptors (Lipinski definition) is 4. The predicted molar refractivity (Wildman–Crippen MR) is 84.2 cm³/mol. The van der Waals surface area contributed by atoms with Crippen molar-refractivity contribution < 1.29 is 9.53 Å². The van der Waals surface area contributed by atoms with Crippen molar-refractivity contribution in [1.29, 1.82) is 0 Å². The van der Waals surface area contributed by atoms with Crippen molar-refractivity contribution in [2.45, 2.75) is 32.5 Å². The monoisotopic (exact) mass is 311 g/mol. The van der Waals surface area contributed by atoms with Crippen LogP contribution in [0.2, 0.25) is 5.02 Å². The van der Waals surface area contributed by atoms with Crippen molar-refractivity contribution in [3.05, 3.63) is 28.8 Å². The Morgan fingerprint density at radius 1 is 1.57 bits per heavy atom. The summed E-state index contributed by atoms with van der Waals surface area (Å²) in [5.74, 6) is -0.0182. The molecule has 1 aromatic rings. The molecule has 1 saturated heterocycles. The third-order valence-electron chi connectivity index (χ3n) is 3.49. The van der Waals surface area contributed by atoms with E-state index in [1.54, 1.807) is 0 Å². The van der Waals surface area contributed by atoms with Crippen molar-refractivity contribution in [2.24, 2.45) is 0 Å². The lowest BCUT2D eigenvalue weighted by atomic mass is 10.1. The van der Waals surface area contributed by atoms with Crippen LogP contribution >= 0.6 is 11.6 Å². The molecule has 0 aromatic heterocycles. The molecule has 1 atom stereocenters. The molecule has 1 amide bonds. The second-order valence-electron chi connectivity index (χ2n) is 5.53. The van der Waals surface area contributed by atoms with E-state index >= 15 is 0 Å². The number of nitrogens with zero attached hydrogens (tertiary/aromatic N) is 1. The molecular weight excluding hydrogens is 290 g/mol. The summed E-state index contributed by atoms with van der Waals surface area (Å²) < 4.78 is 5.45. The standard InChI is InChI=1S/C15H22ClN3O2/c1-10(2)18-15(20)14-9-21-7-6-19(14)8-11-12(16)4-3-5-13(11)17/h3-5,10,14H,6-9,17H2,1-2H3,(H,18,20). The van der Waals surface area contributed by atoms with Gasteiger partial charge in [-0.05, 0) is 26.0 Å². The van der Waals surface area contributed by atoms with E-state index in [0.29, 0.717) is 37.0 Å². The van der Waals surface area contributed by atoms with Gasteiger partial charge in [-0.15, -0.1) is 0 Å². The van der Waals surface area contributed by atoms with Gasteiger partial charge in [-0.1, -0.05) is 17.7 Å². The van der Waals surface area contributed by atoms with Gasteiger partial charge >= 0.3 is 0 Å². The number of ether oxygens (including phenoxy) is 1. The van der Waals surface area contributed by atoms with E-state index in [0.717, 1.165) is 5.56 Å².